The lowest BCUT2D eigenvalue weighted by Crippen LogP contribution is -2.32. The summed E-state index contributed by atoms with van der Waals surface area (Å²) in [7, 11) is -0.0950. The molecule has 2 aliphatic rings. The topological polar surface area (TPSA) is 48.1 Å². The summed E-state index contributed by atoms with van der Waals surface area (Å²) < 4.78 is 16.4. The first kappa shape index (κ1) is 15.0. The minimum atomic E-state index is -0.198. The fourth-order valence-electron chi connectivity index (χ4n) is 2.96. The lowest BCUT2D eigenvalue weighted by atomic mass is 9.86. The zero-order valence-electron chi connectivity index (χ0n) is 12.1. The van der Waals surface area contributed by atoms with Crippen molar-refractivity contribution in [2.24, 2.45) is 5.92 Å². The third-order valence-corrected chi connectivity index (χ3v) is 5.80. The molecule has 0 radical (unpaired) electrons. The summed E-state index contributed by atoms with van der Waals surface area (Å²) >= 11 is 0. The Morgan fingerprint density at radius 2 is 2.21 bits per heavy atom. The number of hydrogen-bond acceptors (Lipinski definition) is 4. The summed E-state index contributed by atoms with van der Waals surface area (Å²) in [5.41, 5.74) is 0. The van der Waals surface area contributed by atoms with E-state index in [-0.39, 0.29) is 28.2 Å². The maximum absolute atomic E-state index is 11.7. The van der Waals surface area contributed by atoms with E-state index in [0.717, 1.165) is 25.3 Å². The van der Waals surface area contributed by atoms with Crippen molar-refractivity contribution < 1.29 is 19.0 Å². The summed E-state index contributed by atoms with van der Waals surface area (Å²) in [6.07, 6.45) is 4.45. The van der Waals surface area contributed by atoms with Crippen LogP contribution in [0.5, 0.6) is 0 Å². The van der Waals surface area contributed by atoms with Crippen molar-refractivity contribution >= 4 is 15.5 Å². The molecule has 2 rings (SSSR count). The van der Waals surface area contributed by atoms with Crippen LogP contribution in [0.25, 0.3) is 0 Å². The second-order valence-corrected chi connectivity index (χ2v) is 7.88. The molecule has 0 spiro atoms. The van der Waals surface area contributed by atoms with Crippen LogP contribution in [0.1, 0.15) is 33.1 Å². The molecular weight excluding hydrogens is 260 g/mol. The van der Waals surface area contributed by atoms with Gasteiger partial charge in [0.1, 0.15) is 12.7 Å². The average molecular weight is 286 g/mol. The number of rotatable bonds is 8. The molecule has 0 bridgehead atoms. The van der Waals surface area contributed by atoms with E-state index in [1.165, 1.54) is 6.04 Å². The highest BCUT2D eigenvalue weighted by Gasteiger charge is 2.46. The van der Waals surface area contributed by atoms with Crippen molar-refractivity contribution in [1.82, 2.24) is 0 Å². The predicted octanol–water partition coefficient (Wildman–Crippen LogP) is 1.53. The first-order valence-electron chi connectivity index (χ1n) is 7.67. The Hall–Kier alpha value is -0.393. The Bertz CT molecular complexity index is 297. The molecule has 0 aromatic heterocycles. The zero-order valence-corrected chi connectivity index (χ0v) is 13.5. The van der Waals surface area contributed by atoms with Crippen LogP contribution in [0, 0.1) is 5.92 Å². The van der Waals surface area contributed by atoms with Crippen LogP contribution in [0.15, 0.2) is 0 Å². The Balaban J connectivity index is 1.81. The molecule has 4 unspecified atom stereocenters. The summed E-state index contributed by atoms with van der Waals surface area (Å²) in [5, 5.41) is 0. The largest absolute Gasteiger partial charge is 0.461 e. The van der Waals surface area contributed by atoms with Gasteiger partial charge in [0.25, 0.3) is 0 Å². The highest BCUT2D eigenvalue weighted by atomic mass is 28.2. The normalized spacial score (nSPS) is 31.2. The Kier molecular flexibility index (Phi) is 5.85. The number of fused-ring (bicyclic) bond motifs is 1. The second kappa shape index (κ2) is 7.41. The molecule has 0 N–H and O–H groups in total. The van der Waals surface area contributed by atoms with E-state index < -0.39 is 0 Å². The van der Waals surface area contributed by atoms with Gasteiger partial charge in [-0.25, -0.2) is 4.79 Å². The highest BCUT2D eigenvalue weighted by molar-refractivity contribution is 6.35. The number of esters is 1. The van der Waals surface area contributed by atoms with Crippen LogP contribution >= 0.6 is 0 Å². The summed E-state index contributed by atoms with van der Waals surface area (Å²) in [6.45, 7) is 4.77. The van der Waals surface area contributed by atoms with Crippen molar-refractivity contribution in [3.05, 3.63) is 0 Å². The molecule has 0 amide bonds. The van der Waals surface area contributed by atoms with Crippen LogP contribution in [0.3, 0.4) is 0 Å². The number of hydrogen-bond donors (Lipinski definition) is 0. The highest BCUT2D eigenvalue weighted by Crippen LogP contribution is 2.41. The molecule has 5 heteroatoms. The smallest absolute Gasteiger partial charge is 0.332 e. The Labute approximate surface area is 118 Å². The molecule has 1 saturated carbocycles. The molecule has 110 valence electrons. The summed E-state index contributed by atoms with van der Waals surface area (Å²) in [5.74, 6) is 0.309. The third kappa shape index (κ3) is 4.58. The quantitative estimate of drug-likeness (QED) is 0.386. The van der Waals surface area contributed by atoms with E-state index in [2.05, 4.69) is 6.92 Å². The monoisotopic (exact) mass is 286 g/mol. The summed E-state index contributed by atoms with van der Waals surface area (Å²) in [4.78, 5) is 11.7. The maximum atomic E-state index is 11.7. The molecule has 4 atom stereocenters. The van der Waals surface area contributed by atoms with Crippen molar-refractivity contribution in [2.45, 2.75) is 63.5 Å². The van der Waals surface area contributed by atoms with Gasteiger partial charge in [-0.15, -0.1) is 0 Å². The molecule has 19 heavy (non-hydrogen) atoms. The van der Waals surface area contributed by atoms with E-state index in [4.69, 9.17) is 14.2 Å². The van der Waals surface area contributed by atoms with Crippen molar-refractivity contribution in [3.8, 4) is 0 Å². The fraction of sp³-hybridized carbons (Fsp3) is 0.929. The van der Waals surface area contributed by atoms with Crippen LogP contribution in [-0.2, 0) is 19.0 Å². The average Bonchev–Trinajstić information content (AvgIpc) is 3.19. The lowest BCUT2D eigenvalue weighted by Gasteiger charge is -2.28. The number of epoxide rings is 1. The van der Waals surface area contributed by atoms with Gasteiger partial charge in [0.15, 0.2) is 0 Å². The zero-order chi connectivity index (χ0) is 13.7. The van der Waals surface area contributed by atoms with Crippen LogP contribution in [0.2, 0.25) is 12.1 Å². The number of ether oxygens (including phenoxy) is 3. The van der Waals surface area contributed by atoms with Gasteiger partial charge in [-0.2, -0.15) is 0 Å². The first-order valence-corrected chi connectivity index (χ1v) is 9.67. The van der Waals surface area contributed by atoms with Crippen molar-refractivity contribution in [1.29, 1.82) is 0 Å². The predicted molar refractivity (Wildman–Crippen MR) is 76.2 cm³/mol. The molecule has 1 aliphatic carbocycles. The van der Waals surface area contributed by atoms with E-state index in [1.54, 1.807) is 0 Å². The van der Waals surface area contributed by atoms with Gasteiger partial charge in [-0.1, -0.05) is 13.0 Å². The minimum Gasteiger partial charge on any atom is -0.461 e. The lowest BCUT2D eigenvalue weighted by molar-refractivity contribution is -0.156. The van der Waals surface area contributed by atoms with Gasteiger partial charge in [0.2, 0.25) is 0 Å². The minimum absolute atomic E-state index is 0.0932. The van der Waals surface area contributed by atoms with Gasteiger partial charge in [-0.05, 0) is 38.1 Å². The van der Waals surface area contributed by atoms with Gasteiger partial charge >= 0.3 is 5.97 Å². The molecule has 0 aromatic carbocycles. The Morgan fingerprint density at radius 3 is 2.89 bits per heavy atom. The van der Waals surface area contributed by atoms with E-state index >= 15 is 0 Å². The van der Waals surface area contributed by atoms with Crippen molar-refractivity contribution in [3.63, 3.8) is 0 Å². The SMILES string of the molecule is CCOCC(=O)OC(C[SiH2]CC)C1CCC2OC2C1. The van der Waals surface area contributed by atoms with Gasteiger partial charge < -0.3 is 14.2 Å². The van der Waals surface area contributed by atoms with Crippen LogP contribution in [0.4, 0.5) is 0 Å². The number of carbonyl (C=O) groups is 1. The standard InChI is InChI=1S/C14H26O4Si/c1-3-16-8-14(15)18-13(9-19-4-2)10-5-6-11-12(7-10)17-11/h10-13H,3-9,19H2,1-2H3. The molecule has 1 heterocycles. The maximum Gasteiger partial charge on any atom is 0.332 e. The fourth-order valence-corrected chi connectivity index (χ4v) is 4.36. The van der Waals surface area contributed by atoms with Crippen molar-refractivity contribution in [2.75, 3.05) is 13.2 Å². The summed E-state index contributed by atoms with van der Waals surface area (Å²) in [6, 6.07) is 2.38. The van der Waals surface area contributed by atoms with Gasteiger partial charge in [-0.3, -0.25) is 0 Å². The van der Waals surface area contributed by atoms with Gasteiger partial charge in [0, 0.05) is 16.1 Å². The molecule has 1 aliphatic heterocycles. The van der Waals surface area contributed by atoms with E-state index in [1.807, 2.05) is 6.92 Å². The third-order valence-electron chi connectivity index (χ3n) is 4.12. The van der Waals surface area contributed by atoms with E-state index in [0.29, 0.717) is 24.7 Å². The van der Waals surface area contributed by atoms with Gasteiger partial charge in [0.05, 0.1) is 12.2 Å². The van der Waals surface area contributed by atoms with E-state index in [9.17, 15) is 4.79 Å². The molecule has 0 aromatic rings. The molecule has 4 nitrogen and oxygen atoms in total. The number of carbonyl (C=O) groups excluding carboxylic acids is 1. The molecular formula is C14H26O4Si. The van der Waals surface area contributed by atoms with Crippen LogP contribution in [-0.4, -0.2) is 47.0 Å². The molecule has 1 saturated heterocycles. The first-order chi connectivity index (χ1) is 9.24. The second-order valence-electron chi connectivity index (χ2n) is 5.59. The molecule has 2 fully saturated rings. The van der Waals surface area contributed by atoms with Crippen LogP contribution < -0.4 is 0 Å². The Morgan fingerprint density at radius 1 is 1.37 bits per heavy atom.